The Labute approximate surface area is 175 Å². The summed E-state index contributed by atoms with van der Waals surface area (Å²) in [5.41, 5.74) is -0.230. The number of nitrogens with zero attached hydrogens (tertiary/aromatic N) is 1. The van der Waals surface area contributed by atoms with Gasteiger partial charge >= 0.3 is 6.61 Å². The van der Waals surface area contributed by atoms with E-state index in [9.17, 15) is 22.8 Å². The third-order valence-electron chi connectivity index (χ3n) is 5.04. The summed E-state index contributed by atoms with van der Waals surface area (Å²) in [4.78, 5) is 26.7. The highest BCUT2D eigenvalue weighted by atomic mass is 19.3. The molecule has 1 heterocycles. The van der Waals surface area contributed by atoms with Crippen LogP contribution in [0.3, 0.4) is 0 Å². The van der Waals surface area contributed by atoms with Gasteiger partial charge in [0.1, 0.15) is 0 Å². The first-order chi connectivity index (χ1) is 14.0. The molecule has 168 valence electrons. The standard InChI is InChI=1S/C21H30F3N3O3/c1-13(18(28)26-21(2,3)4)27-9-7-14(8-10-27)12-25-19(29)15-5-6-16(22)17(11-15)30-20(23)24/h5-6,11,13-14,20H,7-10,12H2,1-4H3,(H,25,29)(H,26,28)/t13-/m1/s1. The molecule has 0 aromatic heterocycles. The number of hydrogen-bond donors (Lipinski definition) is 2. The topological polar surface area (TPSA) is 70.7 Å². The van der Waals surface area contributed by atoms with Gasteiger partial charge in [-0.25, -0.2) is 4.39 Å². The molecule has 9 heteroatoms. The molecule has 1 aromatic carbocycles. The lowest BCUT2D eigenvalue weighted by Gasteiger charge is -2.36. The fourth-order valence-electron chi connectivity index (χ4n) is 3.35. The van der Waals surface area contributed by atoms with Crippen LogP contribution in [-0.4, -0.2) is 54.5 Å². The van der Waals surface area contributed by atoms with Gasteiger partial charge in [0.25, 0.3) is 5.91 Å². The molecular formula is C21H30F3N3O3. The number of ether oxygens (including phenoxy) is 1. The van der Waals surface area contributed by atoms with Crippen molar-refractivity contribution in [1.82, 2.24) is 15.5 Å². The monoisotopic (exact) mass is 429 g/mol. The van der Waals surface area contributed by atoms with Gasteiger partial charge in [-0.2, -0.15) is 8.78 Å². The summed E-state index contributed by atoms with van der Waals surface area (Å²) in [5.74, 6) is -1.86. The van der Waals surface area contributed by atoms with Crippen LogP contribution in [0.25, 0.3) is 0 Å². The molecule has 2 N–H and O–H groups in total. The van der Waals surface area contributed by atoms with Crippen LogP contribution in [-0.2, 0) is 4.79 Å². The number of halogens is 3. The second-order valence-electron chi connectivity index (χ2n) is 8.63. The zero-order valence-electron chi connectivity index (χ0n) is 17.8. The third kappa shape index (κ3) is 7.19. The van der Waals surface area contributed by atoms with Crippen molar-refractivity contribution in [3.63, 3.8) is 0 Å². The minimum Gasteiger partial charge on any atom is -0.432 e. The molecular weight excluding hydrogens is 399 g/mol. The summed E-state index contributed by atoms with van der Waals surface area (Å²) < 4.78 is 42.2. The van der Waals surface area contributed by atoms with Crippen molar-refractivity contribution >= 4 is 11.8 Å². The average Bonchev–Trinajstić information content (AvgIpc) is 2.66. The first-order valence-electron chi connectivity index (χ1n) is 10.0. The molecule has 0 saturated carbocycles. The van der Waals surface area contributed by atoms with Crippen molar-refractivity contribution in [1.29, 1.82) is 0 Å². The lowest BCUT2D eigenvalue weighted by Crippen LogP contribution is -2.53. The summed E-state index contributed by atoms with van der Waals surface area (Å²) in [7, 11) is 0. The summed E-state index contributed by atoms with van der Waals surface area (Å²) in [6.45, 7) is 6.43. The van der Waals surface area contributed by atoms with E-state index in [1.165, 1.54) is 6.07 Å². The highest BCUT2D eigenvalue weighted by molar-refractivity contribution is 5.94. The Morgan fingerprint density at radius 2 is 1.87 bits per heavy atom. The number of nitrogens with one attached hydrogen (secondary N) is 2. The molecule has 1 fully saturated rings. The molecule has 1 aliphatic rings. The fraction of sp³-hybridized carbons (Fsp3) is 0.619. The molecule has 1 atom stereocenters. The van der Waals surface area contributed by atoms with Gasteiger partial charge in [0.2, 0.25) is 5.91 Å². The highest BCUT2D eigenvalue weighted by Gasteiger charge is 2.28. The molecule has 2 amide bonds. The second-order valence-corrected chi connectivity index (χ2v) is 8.63. The first-order valence-corrected chi connectivity index (χ1v) is 10.0. The molecule has 0 aliphatic carbocycles. The van der Waals surface area contributed by atoms with Crippen molar-refractivity contribution < 1.29 is 27.5 Å². The van der Waals surface area contributed by atoms with Gasteiger partial charge < -0.3 is 15.4 Å². The van der Waals surface area contributed by atoms with Gasteiger partial charge in [-0.3, -0.25) is 14.5 Å². The zero-order valence-corrected chi connectivity index (χ0v) is 17.8. The minimum atomic E-state index is -3.17. The van der Waals surface area contributed by atoms with Crippen LogP contribution in [0, 0.1) is 11.7 Å². The lowest BCUT2D eigenvalue weighted by atomic mass is 9.95. The summed E-state index contributed by atoms with van der Waals surface area (Å²) in [6.07, 6.45) is 1.63. The third-order valence-corrected chi connectivity index (χ3v) is 5.04. The Kier molecular flexibility index (Phi) is 8.11. The van der Waals surface area contributed by atoms with Gasteiger partial charge in [-0.05, 0) is 77.7 Å². The van der Waals surface area contributed by atoms with Gasteiger partial charge in [-0.15, -0.1) is 0 Å². The Hall–Kier alpha value is -2.29. The van der Waals surface area contributed by atoms with Crippen molar-refractivity contribution in [3.8, 4) is 5.75 Å². The van der Waals surface area contributed by atoms with Crippen LogP contribution in [0.5, 0.6) is 5.75 Å². The van der Waals surface area contributed by atoms with Crippen LogP contribution >= 0.6 is 0 Å². The molecule has 0 unspecified atom stereocenters. The Bertz CT molecular complexity index is 745. The van der Waals surface area contributed by atoms with E-state index in [2.05, 4.69) is 20.3 Å². The molecule has 1 aromatic rings. The number of rotatable bonds is 7. The maximum absolute atomic E-state index is 13.5. The smallest absolute Gasteiger partial charge is 0.387 e. The van der Waals surface area contributed by atoms with Gasteiger partial charge in [-0.1, -0.05) is 0 Å². The molecule has 30 heavy (non-hydrogen) atoms. The number of likely N-dealkylation sites (tertiary alicyclic amines) is 1. The van der Waals surface area contributed by atoms with Crippen molar-refractivity contribution in [2.45, 2.75) is 58.7 Å². The molecule has 2 rings (SSSR count). The fourth-order valence-corrected chi connectivity index (χ4v) is 3.35. The molecule has 0 radical (unpaired) electrons. The van der Waals surface area contributed by atoms with Gasteiger partial charge in [0, 0.05) is 17.6 Å². The number of hydrogen-bond acceptors (Lipinski definition) is 4. The number of benzene rings is 1. The predicted octanol–water partition coefficient (Wildman–Crippen LogP) is 3.17. The molecule has 6 nitrogen and oxygen atoms in total. The first kappa shape index (κ1) is 24.0. The minimum absolute atomic E-state index is 0.00705. The highest BCUT2D eigenvalue weighted by Crippen LogP contribution is 2.22. The van der Waals surface area contributed by atoms with Crippen LogP contribution in [0.2, 0.25) is 0 Å². The van der Waals surface area contributed by atoms with Crippen molar-refractivity contribution in [2.24, 2.45) is 5.92 Å². The molecule has 0 spiro atoms. The normalized spacial score (nSPS) is 16.9. The van der Waals surface area contributed by atoms with E-state index in [1.807, 2.05) is 27.7 Å². The van der Waals surface area contributed by atoms with E-state index in [4.69, 9.17) is 0 Å². The van der Waals surface area contributed by atoms with E-state index in [-0.39, 0.29) is 29.0 Å². The lowest BCUT2D eigenvalue weighted by molar-refractivity contribution is -0.127. The summed E-state index contributed by atoms with van der Waals surface area (Å²) in [6, 6.07) is 2.89. The zero-order chi connectivity index (χ0) is 22.5. The van der Waals surface area contributed by atoms with E-state index < -0.39 is 24.1 Å². The number of alkyl halides is 2. The van der Waals surface area contributed by atoms with Crippen molar-refractivity contribution in [2.75, 3.05) is 19.6 Å². The maximum Gasteiger partial charge on any atom is 0.387 e. The quantitative estimate of drug-likeness (QED) is 0.699. The van der Waals surface area contributed by atoms with Crippen LogP contribution < -0.4 is 15.4 Å². The second kappa shape index (κ2) is 10.1. The van der Waals surface area contributed by atoms with Gasteiger partial charge in [0.15, 0.2) is 11.6 Å². The summed E-state index contributed by atoms with van der Waals surface area (Å²) >= 11 is 0. The van der Waals surface area contributed by atoms with Crippen molar-refractivity contribution in [3.05, 3.63) is 29.6 Å². The van der Waals surface area contributed by atoms with E-state index in [1.54, 1.807) is 0 Å². The van der Waals surface area contributed by atoms with Crippen LogP contribution in [0.15, 0.2) is 18.2 Å². The number of carbonyl (C=O) groups is 2. The van der Waals surface area contributed by atoms with Gasteiger partial charge in [0.05, 0.1) is 6.04 Å². The molecule has 0 bridgehead atoms. The number of carbonyl (C=O) groups excluding carboxylic acids is 2. The predicted molar refractivity (Wildman–Crippen MR) is 107 cm³/mol. The Balaban J connectivity index is 1.82. The number of amides is 2. The molecule has 1 saturated heterocycles. The Morgan fingerprint density at radius 1 is 1.23 bits per heavy atom. The maximum atomic E-state index is 13.5. The number of piperidine rings is 1. The summed E-state index contributed by atoms with van der Waals surface area (Å²) in [5, 5.41) is 5.75. The van der Waals surface area contributed by atoms with Crippen LogP contribution in [0.1, 0.15) is 50.9 Å². The van der Waals surface area contributed by atoms with E-state index >= 15 is 0 Å². The average molecular weight is 429 g/mol. The largest absolute Gasteiger partial charge is 0.432 e. The van der Waals surface area contributed by atoms with Crippen LogP contribution in [0.4, 0.5) is 13.2 Å². The molecule has 1 aliphatic heterocycles. The van der Waals surface area contributed by atoms with E-state index in [0.717, 1.165) is 38.1 Å². The SMILES string of the molecule is C[C@H](C(=O)NC(C)(C)C)N1CCC(CNC(=O)c2ccc(F)c(OC(F)F)c2)CC1. The van der Waals surface area contributed by atoms with E-state index in [0.29, 0.717) is 6.54 Å². The Morgan fingerprint density at radius 3 is 2.43 bits per heavy atom.